The van der Waals surface area contributed by atoms with Crippen molar-refractivity contribution in [2.75, 3.05) is 26.2 Å². The Balaban J connectivity index is 0.757. The van der Waals surface area contributed by atoms with E-state index in [-0.39, 0.29) is 11.4 Å². The van der Waals surface area contributed by atoms with Crippen LogP contribution in [0.4, 0.5) is 4.79 Å². The second-order valence-electron chi connectivity index (χ2n) is 13.2. The van der Waals surface area contributed by atoms with E-state index in [0.29, 0.717) is 34.6 Å². The molecule has 4 heterocycles. The summed E-state index contributed by atoms with van der Waals surface area (Å²) >= 11 is 0. The predicted octanol–water partition coefficient (Wildman–Crippen LogP) is 2.96. The SMILES string of the molecule is O=C(N1CC(C23CC(c4n[nH]c(C5CC5)n4)(C2)C3)C1)N1CC2(CC(n3cnc(C4CC4)n3)C2)C1. The first-order valence-corrected chi connectivity index (χ1v) is 13.4. The molecule has 9 heteroatoms. The van der Waals surface area contributed by atoms with Crippen molar-refractivity contribution in [1.29, 1.82) is 0 Å². The zero-order valence-corrected chi connectivity index (χ0v) is 19.6. The van der Waals surface area contributed by atoms with Crippen molar-refractivity contribution in [2.45, 2.75) is 81.1 Å². The average Bonchev–Trinajstić information content (AvgIpc) is 3.61. The van der Waals surface area contributed by atoms with Crippen molar-refractivity contribution in [1.82, 2.24) is 39.7 Å². The van der Waals surface area contributed by atoms with Gasteiger partial charge in [0.15, 0.2) is 11.6 Å². The number of aromatic nitrogens is 6. The van der Waals surface area contributed by atoms with Crippen molar-refractivity contribution >= 4 is 6.03 Å². The molecule has 0 unspecified atom stereocenters. The highest BCUT2D eigenvalue weighted by Crippen LogP contribution is 2.76. The molecule has 1 N–H and O–H groups in total. The first-order chi connectivity index (χ1) is 16.5. The molecule has 0 atom stereocenters. The van der Waals surface area contributed by atoms with Crippen molar-refractivity contribution in [2.24, 2.45) is 16.7 Å². The van der Waals surface area contributed by atoms with Crippen LogP contribution in [0.15, 0.2) is 6.33 Å². The minimum absolute atomic E-state index is 0.252. The van der Waals surface area contributed by atoms with E-state index in [2.05, 4.69) is 29.7 Å². The normalized spacial score (nSPS) is 35.9. The molecule has 1 spiro atoms. The van der Waals surface area contributed by atoms with E-state index in [1.165, 1.54) is 44.9 Å². The lowest BCUT2D eigenvalue weighted by Crippen LogP contribution is -2.75. The highest BCUT2D eigenvalue weighted by Gasteiger charge is 2.74. The number of amides is 2. The molecule has 2 aromatic rings. The number of likely N-dealkylation sites (tertiary alicyclic amines) is 2. The minimum atomic E-state index is 0.252. The molecule has 6 saturated carbocycles. The first-order valence-electron chi connectivity index (χ1n) is 13.4. The van der Waals surface area contributed by atoms with Crippen LogP contribution in [0.3, 0.4) is 0 Å². The molecule has 2 aromatic heterocycles. The molecule has 8 fully saturated rings. The van der Waals surface area contributed by atoms with E-state index in [9.17, 15) is 4.79 Å². The van der Waals surface area contributed by atoms with Gasteiger partial charge in [-0.05, 0) is 69.1 Å². The summed E-state index contributed by atoms with van der Waals surface area (Å²) in [7, 11) is 0. The van der Waals surface area contributed by atoms with E-state index < -0.39 is 0 Å². The maximum Gasteiger partial charge on any atom is 0.320 e. The van der Waals surface area contributed by atoms with Gasteiger partial charge in [-0.2, -0.15) is 10.2 Å². The van der Waals surface area contributed by atoms with Crippen LogP contribution in [0.5, 0.6) is 0 Å². The van der Waals surface area contributed by atoms with Gasteiger partial charge in [-0.25, -0.2) is 19.4 Å². The number of rotatable bonds is 5. The number of carbonyl (C=O) groups is 1. The van der Waals surface area contributed by atoms with E-state index >= 15 is 0 Å². The molecule has 6 aliphatic carbocycles. The van der Waals surface area contributed by atoms with Gasteiger partial charge in [0, 0.05) is 48.8 Å². The quantitative estimate of drug-likeness (QED) is 0.740. The summed E-state index contributed by atoms with van der Waals surface area (Å²) in [5, 5.41) is 12.5. The van der Waals surface area contributed by atoms with E-state index in [1.807, 2.05) is 6.33 Å². The summed E-state index contributed by atoms with van der Waals surface area (Å²) in [5.74, 6) is 5.16. The molecule has 0 radical (unpaired) electrons. The molecule has 2 aliphatic heterocycles. The Morgan fingerprint density at radius 2 is 1.74 bits per heavy atom. The highest BCUT2D eigenvalue weighted by atomic mass is 16.2. The molecule has 34 heavy (non-hydrogen) atoms. The monoisotopic (exact) mass is 460 g/mol. The number of nitrogens with one attached hydrogen (secondary N) is 1. The van der Waals surface area contributed by atoms with E-state index in [0.717, 1.165) is 56.5 Å². The van der Waals surface area contributed by atoms with Gasteiger partial charge in [0.2, 0.25) is 0 Å². The maximum atomic E-state index is 13.0. The minimum Gasteiger partial charge on any atom is -0.324 e. The summed E-state index contributed by atoms with van der Waals surface area (Å²) in [6.45, 7) is 3.75. The standard InChI is InChI=1S/C25H32N8O/c34-22(32-12-23(13-32)5-18(6-23)33-14-26-19(30-33)15-1-2-15)31-7-17(8-31)24-9-25(10-24,11-24)21-27-20(28-29-21)16-3-4-16/h14-18H,1-13H2,(H,27,28,29). The van der Waals surface area contributed by atoms with Crippen molar-refractivity contribution < 1.29 is 4.79 Å². The lowest BCUT2D eigenvalue weighted by Gasteiger charge is -2.74. The third-order valence-corrected chi connectivity index (χ3v) is 10.5. The van der Waals surface area contributed by atoms with Gasteiger partial charge in [-0.3, -0.25) is 5.10 Å². The molecule has 0 aromatic carbocycles. The Hall–Kier alpha value is -2.45. The van der Waals surface area contributed by atoms with Gasteiger partial charge in [0.25, 0.3) is 0 Å². The predicted molar refractivity (Wildman–Crippen MR) is 121 cm³/mol. The van der Waals surface area contributed by atoms with E-state index in [1.54, 1.807) is 0 Å². The number of hydrogen-bond acceptors (Lipinski definition) is 5. The molecular weight excluding hydrogens is 428 g/mol. The van der Waals surface area contributed by atoms with Gasteiger partial charge in [-0.15, -0.1) is 0 Å². The van der Waals surface area contributed by atoms with Gasteiger partial charge < -0.3 is 9.80 Å². The Bertz CT molecular complexity index is 1170. The van der Waals surface area contributed by atoms with Crippen LogP contribution in [0, 0.1) is 16.7 Å². The first kappa shape index (κ1) is 18.8. The van der Waals surface area contributed by atoms with Crippen molar-refractivity contribution in [3.05, 3.63) is 23.8 Å². The number of hydrogen-bond donors (Lipinski definition) is 1. The van der Waals surface area contributed by atoms with Crippen LogP contribution in [0.25, 0.3) is 0 Å². The number of H-pyrrole nitrogens is 1. The zero-order chi connectivity index (χ0) is 22.3. The third kappa shape index (κ3) is 2.43. The lowest BCUT2D eigenvalue weighted by molar-refractivity contribution is -0.211. The summed E-state index contributed by atoms with van der Waals surface area (Å²) in [6.07, 6.45) is 12.9. The van der Waals surface area contributed by atoms with Gasteiger partial charge in [0.05, 0.1) is 6.04 Å². The molecule has 9 nitrogen and oxygen atoms in total. The summed E-state index contributed by atoms with van der Waals surface area (Å²) in [5.41, 5.74) is 1.06. The molecular formula is C25H32N8O. The second kappa shape index (κ2) is 5.85. The van der Waals surface area contributed by atoms with Crippen molar-refractivity contribution in [3.8, 4) is 0 Å². The average molecular weight is 461 g/mol. The Kier molecular flexibility index (Phi) is 3.24. The van der Waals surface area contributed by atoms with Gasteiger partial charge in [0.1, 0.15) is 12.2 Å². The fourth-order valence-electron chi connectivity index (χ4n) is 8.09. The van der Waals surface area contributed by atoms with Gasteiger partial charge >= 0.3 is 6.03 Å². The fraction of sp³-hybridized carbons (Fsp3) is 0.800. The Labute approximate surface area is 198 Å². The highest BCUT2D eigenvalue weighted by molar-refractivity contribution is 5.76. The van der Waals surface area contributed by atoms with Gasteiger partial charge in [-0.1, -0.05) is 0 Å². The number of nitrogens with zero attached hydrogens (tertiary/aromatic N) is 7. The smallest absolute Gasteiger partial charge is 0.320 e. The summed E-state index contributed by atoms with van der Waals surface area (Å²) < 4.78 is 2.09. The Morgan fingerprint density at radius 1 is 1.00 bits per heavy atom. The third-order valence-electron chi connectivity index (χ3n) is 10.5. The molecule has 178 valence electrons. The van der Waals surface area contributed by atoms with Crippen LogP contribution in [-0.4, -0.2) is 72.0 Å². The molecule has 2 saturated heterocycles. The number of aromatic amines is 1. The fourth-order valence-corrected chi connectivity index (χ4v) is 8.09. The number of urea groups is 1. The van der Waals surface area contributed by atoms with Crippen LogP contribution in [-0.2, 0) is 5.41 Å². The zero-order valence-electron chi connectivity index (χ0n) is 19.6. The van der Waals surface area contributed by atoms with Crippen LogP contribution in [0.1, 0.15) is 93.1 Å². The maximum absolute atomic E-state index is 13.0. The molecule has 2 amide bonds. The van der Waals surface area contributed by atoms with Crippen LogP contribution in [0.2, 0.25) is 0 Å². The summed E-state index contributed by atoms with van der Waals surface area (Å²) in [4.78, 5) is 26.5. The topological polar surface area (TPSA) is 95.8 Å². The Morgan fingerprint density at radius 3 is 2.44 bits per heavy atom. The molecule has 2 bridgehead atoms. The lowest BCUT2D eigenvalue weighted by atomic mass is 9.31. The van der Waals surface area contributed by atoms with Crippen molar-refractivity contribution in [3.63, 3.8) is 0 Å². The van der Waals surface area contributed by atoms with Crippen LogP contribution < -0.4 is 0 Å². The number of carbonyl (C=O) groups excluding carboxylic acids is 1. The van der Waals surface area contributed by atoms with E-state index in [4.69, 9.17) is 10.1 Å². The summed E-state index contributed by atoms with van der Waals surface area (Å²) in [6, 6.07) is 0.748. The largest absolute Gasteiger partial charge is 0.324 e. The molecule has 8 aliphatic rings. The second-order valence-corrected chi connectivity index (χ2v) is 13.2. The van der Waals surface area contributed by atoms with Crippen LogP contribution >= 0.6 is 0 Å². The molecule has 10 rings (SSSR count).